The van der Waals surface area contributed by atoms with Crippen molar-refractivity contribution in [1.82, 2.24) is 4.90 Å². The Balaban J connectivity index is 4.33. The Kier molecular flexibility index (Phi) is 8.01. The van der Waals surface area contributed by atoms with Gasteiger partial charge in [0.1, 0.15) is 0 Å². The Morgan fingerprint density at radius 2 is 2.00 bits per heavy atom. The molecule has 0 saturated carbocycles. The quantitative estimate of drug-likeness (QED) is 0.657. The maximum Gasteiger partial charge on any atom is 0.249 e. The Labute approximate surface area is 92.8 Å². The first-order valence-corrected chi connectivity index (χ1v) is 5.74. The molecule has 0 aromatic carbocycles. The average Bonchev–Trinajstić information content (AvgIpc) is 2.23. The summed E-state index contributed by atoms with van der Waals surface area (Å²) < 4.78 is 0. The molecule has 1 N–H and O–H groups in total. The Bertz CT molecular complexity index is 212. The zero-order valence-electron chi connectivity index (χ0n) is 10.1. The topological polar surface area (TPSA) is 40.5 Å². The lowest BCUT2D eigenvalue weighted by molar-refractivity contribution is -0.127. The number of allylic oxidation sites excluding steroid dienone is 1. The van der Waals surface area contributed by atoms with Crippen LogP contribution < -0.4 is 0 Å². The van der Waals surface area contributed by atoms with Crippen molar-refractivity contribution in [3.63, 3.8) is 0 Å². The lowest BCUT2D eigenvalue weighted by Gasteiger charge is -2.21. The van der Waals surface area contributed by atoms with Crippen molar-refractivity contribution in [2.45, 2.75) is 40.0 Å². The first kappa shape index (κ1) is 14.2. The second-order valence-corrected chi connectivity index (χ2v) is 3.66. The van der Waals surface area contributed by atoms with Gasteiger partial charge in [-0.3, -0.25) is 4.79 Å². The van der Waals surface area contributed by atoms with Gasteiger partial charge in [-0.15, -0.1) is 0 Å². The SMILES string of the molecule is CC/C=C(\C)C(=O)N(CCO)CCCC. The number of amides is 1. The standard InChI is InChI=1S/C12H23NO2/c1-4-6-8-13(9-10-14)12(15)11(3)7-5-2/h7,14H,4-6,8-10H2,1-3H3/b11-7+. The molecular weight excluding hydrogens is 190 g/mol. The van der Waals surface area contributed by atoms with E-state index in [4.69, 9.17) is 5.11 Å². The van der Waals surface area contributed by atoms with Crippen LogP contribution in [0.5, 0.6) is 0 Å². The van der Waals surface area contributed by atoms with Crippen LogP contribution in [0.1, 0.15) is 40.0 Å². The number of carbonyl (C=O) groups is 1. The van der Waals surface area contributed by atoms with Gasteiger partial charge in [0.25, 0.3) is 0 Å². The van der Waals surface area contributed by atoms with Crippen molar-refractivity contribution in [3.8, 4) is 0 Å². The predicted octanol–water partition coefficient (Wildman–Crippen LogP) is 1.96. The molecule has 0 aromatic heterocycles. The fourth-order valence-corrected chi connectivity index (χ4v) is 1.43. The van der Waals surface area contributed by atoms with Crippen molar-refractivity contribution in [2.75, 3.05) is 19.7 Å². The molecule has 0 heterocycles. The number of hydrogen-bond donors (Lipinski definition) is 1. The molecule has 0 aliphatic rings. The van der Waals surface area contributed by atoms with Crippen LogP contribution in [-0.4, -0.2) is 35.6 Å². The third-order valence-corrected chi connectivity index (χ3v) is 2.29. The minimum absolute atomic E-state index is 0.0366. The van der Waals surface area contributed by atoms with Crippen LogP contribution >= 0.6 is 0 Å². The molecule has 0 unspecified atom stereocenters. The number of rotatable bonds is 7. The van der Waals surface area contributed by atoms with Gasteiger partial charge in [-0.25, -0.2) is 0 Å². The first-order valence-electron chi connectivity index (χ1n) is 5.74. The first-order chi connectivity index (χ1) is 7.17. The summed E-state index contributed by atoms with van der Waals surface area (Å²) in [5.74, 6) is 0.0550. The normalized spacial score (nSPS) is 11.6. The van der Waals surface area contributed by atoms with E-state index in [9.17, 15) is 4.79 Å². The molecule has 88 valence electrons. The second kappa shape index (κ2) is 8.48. The van der Waals surface area contributed by atoms with Crippen molar-refractivity contribution in [2.24, 2.45) is 0 Å². The highest BCUT2D eigenvalue weighted by molar-refractivity contribution is 5.92. The lowest BCUT2D eigenvalue weighted by atomic mass is 10.2. The fourth-order valence-electron chi connectivity index (χ4n) is 1.43. The largest absolute Gasteiger partial charge is 0.395 e. The van der Waals surface area contributed by atoms with Gasteiger partial charge in [-0.05, 0) is 19.8 Å². The monoisotopic (exact) mass is 213 g/mol. The van der Waals surface area contributed by atoms with E-state index in [1.54, 1.807) is 4.90 Å². The molecule has 0 spiro atoms. The van der Waals surface area contributed by atoms with Crippen molar-refractivity contribution < 1.29 is 9.90 Å². The van der Waals surface area contributed by atoms with Gasteiger partial charge in [-0.1, -0.05) is 26.3 Å². The molecule has 0 aliphatic heterocycles. The zero-order valence-corrected chi connectivity index (χ0v) is 10.1. The molecule has 0 radical (unpaired) electrons. The van der Waals surface area contributed by atoms with E-state index >= 15 is 0 Å². The predicted molar refractivity (Wildman–Crippen MR) is 62.6 cm³/mol. The van der Waals surface area contributed by atoms with Gasteiger partial charge in [0.05, 0.1) is 6.61 Å². The van der Waals surface area contributed by atoms with Crippen molar-refractivity contribution in [1.29, 1.82) is 0 Å². The minimum Gasteiger partial charge on any atom is -0.395 e. The third kappa shape index (κ3) is 5.57. The maximum absolute atomic E-state index is 11.9. The number of unbranched alkanes of at least 4 members (excludes halogenated alkanes) is 1. The number of aliphatic hydroxyl groups excluding tert-OH is 1. The zero-order chi connectivity index (χ0) is 11.7. The molecular formula is C12H23NO2. The highest BCUT2D eigenvalue weighted by atomic mass is 16.3. The Morgan fingerprint density at radius 1 is 1.33 bits per heavy atom. The van der Waals surface area contributed by atoms with Crippen molar-refractivity contribution in [3.05, 3.63) is 11.6 Å². The summed E-state index contributed by atoms with van der Waals surface area (Å²) >= 11 is 0. The van der Waals surface area contributed by atoms with Crippen LogP contribution in [0.15, 0.2) is 11.6 Å². The average molecular weight is 213 g/mol. The summed E-state index contributed by atoms with van der Waals surface area (Å²) in [4.78, 5) is 13.6. The van der Waals surface area contributed by atoms with E-state index in [2.05, 4.69) is 6.92 Å². The molecule has 3 nitrogen and oxygen atoms in total. The molecule has 1 amide bonds. The second-order valence-electron chi connectivity index (χ2n) is 3.66. The molecule has 0 bridgehead atoms. The highest BCUT2D eigenvalue weighted by Gasteiger charge is 2.13. The van der Waals surface area contributed by atoms with Gasteiger partial charge >= 0.3 is 0 Å². The highest BCUT2D eigenvalue weighted by Crippen LogP contribution is 2.04. The van der Waals surface area contributed by atoms with Crippen LogP contribution in [0.4, 0.5) is 0 Å². The van der Waals surface area contributed by atoms with E-state index in [0.29, 0.717) is 6.54 Å². The summed E-state index contributed by atoms with van der Waals surface area (Å²) in [6.45, 7) is 7.16. The summed E-state index contributed by atoms with van der Waals surface area (Å²) in [5.41, 5.74) is 0.780. The minimum atomic E-state index is 0.0366. The molecule has 0 aliphatic carbocycles. The van der Waals surface area contributed by atoms with Crippen LogP contribution in [-0.2, 0) is 4.79 Å². The molecule has 0 atom stereocenters. The van der Waals surface area contributed by atoms with E-state index in [-0.39, 0.29) is 12.5 Å². The van der Waals surface area contributed by atoms with Crippen LogP contribution in [0.3, 0.4) is 0 Å². The summed E-state index contributed by atoms with van der Waals surface area (Å²) in [7, 11) is 0. The van der Waals surface area contributed by atoms with Gasteiger partial charge in [0.15, 0.2) is 0 Å². The third-order valence-electron chi connectivity index (χ3n) is 2.29. The van der Waals surface area contributed by atoms with E-state index < -0.39 is 0 Å². The number of nitrogens with zero attached hydrogens (tertiary/aromatic N) is 1. The number of hydrogen-bond acceptors (Lipinski definition) is 2. The lowest BCUT2D eigenvalue weighted by Crippen LogP contribution is -2.34. The van der Waals surface area contributed by atoms with Gasteiger partial charge in [0.2, 0.25) is 5.91 Å². The smallest absolute Gasteiger partial charge is 0.249 e. The fraction of sp³-hybridized carbons (Fsp3) is 0.750. The summed E-state index contributed by atoms with van der Waals surface area (Å²) in [6.07, 6.45) is 4.86. The van der Waals surface area contributed by atoms with Crippen LogP contribution in [0.25, 0.3) is 0 Å². The summed E-state index contributed by atoms with van der Waals surface area (Å²) in [6, 6.07) is 0. The number of aliphatic hydroxyl groups is 1. The molecule has 0 fully saturated rings. The van der Waals surface area contributed by atoms with Crippen LogP contribution in [0, 0.1) is 0 Å². The Morgan fingerprint density at radius 3 is 2.47 bits per heavy atom. The van der Waals surface area contributed by atoms with E-state index in [0.717, 1.165) is 31.4 Å². The molecule has 0 aromatic rings. The molecule has 0 rings (SSSR count). The van der Waals surface area contributed by atoms with Gasteiger partial charge in [0, 0.05) is 18.7 Å². The molecule has 3 heteroatoms. The van der Waals surface area contributed by atoms with Crippen molar-refractivity contribution >= 4 is 5.91 Å². The van der Waals surface area contributed by atoms with E-state index in [1.165, 1.54) is 0 Å². The van der Waals surface area contributed by atoms with Crippen LogP contribution in [0.2, 0.25) is 0 Å². The maximum atomic E-state index is 11.9. The summed E-state index contributed by atoms with van der Waals surface area (Å²) in [5, 5.41) is 8.88. The molecule has 0 saturated heterocycles. The number of carbonyl (C=O) groups excluding carboxylic acids is 1. The molecule has 15 heavy (non-hydrogen) atoms. The van der Waals surface area contributed by atoms with E-state index in [1.807, 2.05) is 19.9 Å². The van der Waals surface area contributed by atoms with Gasteiger partial charge in [-0.2, -0.15) is 0 Å². The van der Waals surface area contributed by atoms with Gasteiger partial charge < -0.3 is 10.0 Å². The Hall–Kier alpha value is -0.830.